The third-order valence-corrected chi connectivity index (χ3v) is 8.20. The Kier molecular flexibility index (Phi) is 8.19. The quantitative estimate of drug-likeness (QED) is 0.155. The first-order chi connectivity index (χ1) is 19.3. The Labute approximate surface area is 236 Å². The molecule has 4 aromatic carbocycles. The number of benzene rings is 4. The van der Waals surface area contributed by atoms with Gasteiger partial charge in [-0.1, -0.05) is 84.9 Å². The van der Waals surface area contributed by atoms with E-state index >= 15 is 8.78 Å². The van der Waals surface area contributed by atoms with Gasteiger partial charge in [0.25, 0.3) is 5.92 Å². The number of carbonyl (C=O) groups excluding carboxylic acids is 2. The van der Waals surface area contributed by atoms with Gasteiger partial charge < -0.3 is 4.74 Å². The maximum absolute atomic E-state index is 15.3. The van der Waals surface area contributed by atoms with Crippen LogP contribution in [-0.4, -0.2) is 25.3 Å². The van der Waals surface area contributed by atoms with Crippen molar-refractivity contribution >= 4 is 44.4 Å². The summed E-state index contributed by atoms with van der Waals surface area (Å²) in [6.07, 6.45) is -0.512. The molecule has 1 aliphatic carbocycles. The van der Waals surface area contributed by atoms with Crippen molar-refractivity contribution in [3.8, 4) is 0 Å². The Morgan fingerprint density at radius 1 is 0.850 bits per heavy atom. The minimum Gasteiger partial charge on any atom is -0.385 e. The standard InChI is InChI=1S/C30H26F2O3.C4H4S/c1-18-16-19-8-6-7-11-21(19)22-12-13-23-24(14-15-35-2)28(33)25(29(34)27(23)26(18)22)17-30(31,32)20-9-4-3-5-10-20;1-2-4-5-3-1/h3-13,16,24-25H,14-15,17H2,1-2H3;1-4H. The fourth-order valence-electron chi connectivity index (χ4n) is 5.69. The number of rotatable bonds is 6. The van der Waals surface area contributed by atoms with Gasteiger partial charge >= 0.3 is 0 Å². The van der Waals surface area contributed by atoms with E-state index in [9.17, 15) is 9.59 Å². The number of thiophene rings is 1. The average molecular weight is 557 g/mol. The average Bonchev–Trinajstić information content (AvgIpc) is 3.56. The Bertz CT molecular complexity index is 1630. The highest BCUT2D eigenvalue weighted by atomic mass is 32.1. The zero-order chi connectivity index (χ0) is 28.3. The summed E-state index contributed by atoms with van der Waals surface area (Å²) >= 11 is 1.71. The monoisotopic (exact) mass is 556 g/mol. The topological polar surface area (TPSA) is 43.4 Å². The maximum Gasteiger partial charge on any atom is 0.274 e. The van der Waals surface area contributed by atoms with Gasteiger partial charge in [-0.15, -0.1) is 0 Å². The van der Waals surface area contributed by atoms with Crippen LogP contribution in [0.1, 0.15) is 45.8 Å². The van der Waals surface area contributed by atoms with Crippen LogP contribution in [0.2, 0.25) is 0 Å². The molecule has 0 saturated carbocycles. The van der Waals surface area contributed by atoms with Crippen LogP contribution in [0, 0.1) is 12.8 Å². The first-order valence-corrected chi connectivity index (χ1v) is 14.2. The number of fused-ring (bicyclic) bond motifs is 5. The molecule has 5 aromatic rings. The fraction of sp³-hybridized carbons (Fsp3) is 0.235. The van der Waals surface area contributed by atoms with E-state index in [4.69, 9.17) is 4.74 Å². The number of ether oxygens (including phenoxy) is 1. The minimum atomic E-state index is -3.31. The second-order valence-corrected chi connectivity index (χ2v) is 10.9. The van der Waals surface area contributed by atoms with Gasteiger partial charge in [0.2, 0.25) is 0 Å². The molecule has 40 heavy (non-hydrogen) atoms. The number of aryl methyl sites for hydroxylation is 1. The van der Waals surface area contributed by atoms with Crippen LogP contribution in [0.5, 0.6) is 0 Å². The molecule has 6 rings (SSSR count). The highest BCUT2D eigenvalue weighted by molar-refractivity contribution is 7.07. The number of ketones is 2. The SMILES string of the molecule is COCCC1C(=O)C(CC(F)(F)c2ccccc2)C(=O)c2c1ccc1c2c(C)cc2ccccc21.c1ccsc1. The van der Waals surface area contributed by atoms with Gasteiger partial charge in [0.1, 0.15) is 0 Å². The zero-order valence-corrected chi connectivity index (χ0v) is 23.2. The Hall–Kier alpha value is -3.74. The highest BCUT2D eigenvalue weighted by Crippen LogP contribution is 2.45. The molecule has 0 aliphatic heterocycles. The van der Waals surface area contributed by atoms with Crippen molar-refractivity contribution in [2.24, 2.45) is 5.92 Å². The summed E-state index contributed by atoms with van der Waals surface area (Å²) in [5.41, 5.74) is 1.71. The van der Waals surface area contributed by atoms with Crippen molar-refractivity contribution in [3.63, 3.8) is 0 Å². The van der Waals surface area contributed by atoms with E-state index in [0.29, 0.717) is 24.2 Å². The van der Waals surface area contributed by atoms with Gasteiger partial charge in [-0.25, -0.2) is 8.78 Å². The van der Waals surface area contributed by atoms with E-state index in [2.05, 4.69) is 0 Å². The second kappa shape index (κ2) is 11.8. The van der Waals surface area contributed by atoms with E-state index in [1.165, 1.54) is 31.4 Å². The first-order valence-electron chi connectivity index (χ1n) is 13.3. The highest BCUT2D eigenvalue weighted by Gasteiger charge is 2.47. The van der Waals surface area contributed by atoms with Crippen molar-refractivity contribution in [1.29, 1.82) is 0 Å². The van der Waals surface area contributed by atoms with Crippen LogP contribution >= 0.6 is 11.3 Å². The molecule has 0 spiro atoms. The smallest absolute Gasteiger partial charge is 0.274 e. The second-order valence-electron chi connectivity index (χ2n) is 10.1. The molecule has 0 bridgehead atoms. The van der Waals surface area contributed by atoms with Gasteiger partial charge in [-0.2, -0.15) is 11.3 Å². The summed E-state index contributed by atoms with van der Waals surface area (Å²) in [5, 5.41) is 7.75. The molecule has 0 saturated heterocycles. The lowest BCUT2D eigenvalue weighted by Gasteiger charge is -2.32. The molecule has 6 heteroatoms. The lowest BCUT2D eigenvalue weighted by Crippen LogP contribution is -2.39. The number of alkyl halides is 2. The third-order valence-electron chi connectivity index (χ3n) is 7.57. The number of carbonyl (C=O) groups is 2. The van der Waals surface area contributed by atoms with Crippen LogP contribution < -0.4 is 0 Å². The minimum absolute atomic E-state index is 0.195. The predicted octanol–water partition coefficient (Wildman–Crippen LogP) is 8.73. The lowest BCUT2D eigenvalue weighted by molar-refractivity contribution is -0.127. The molecule has 0 fully saturated rings. The molecule has 1 aliphatic rings. The number of halogens is 2. The van der Waals surface area contributed by atoms with Gasteiger partial charge in [-0.05, 0) is 56.8 Å². The van der Waals surface area contributed by atoms with Crippen LogP contribution in [0.25, 0.3) is 21.5 Å². The lowest BCUT2D eigenvalue weighted by atomic mass is 9.69. The van der Waals surface area contributed by atoms with E-state index in [0.717, 1.165) is 27.1 Å². The number of methoxy groups -OCH3 is 1. The summed E-state index contributed by atoms with van der Waals surface area (Å²) in [5.74, 6) is -6.37. The molecule has 1 heterocycles. The molecule has 3 nitrogen and oxygen atoms in total. The predicted molar refractivity (Wildman–Crippen MR) is 158 cm³/mol. The Morgan fingerprint density at radius 3 is 2.23 bits per heavy atom. The van der Waals surface area contributed by atoms with Gasteiger partial charge in [0.15, 0.2) is 11.6 Å². The summed E-state index contributed by atoms with van der Waals surface area (Å²) in [6, 6.07) is 25.1. The molecule has 1 aromatic heterocycles. The molecular weight excluding hydrogens is 526 g/mol. The first kappa shape index (κ1) is 27.8. The molecule has 2 atom stereocenters. The molecule has 2 unspecified atom stereocenters. The van der Waals surface area contributed by atoms with Gasteiger partial charge in [0.05, 0.1) is 5.92 Å². The van der Waals surface area contributed by atoms with Crippen LogP contribution in [0.3, 0.4) is 0 Å². The number of Topliss-reactive ketones (excluding diaryl/α,β-unsaturated/α-hetero) is 2. The Morgan fingerprint density at radius 2 is 1.55 bits per heavy atom. The molecular formula is C34H30F2O3S. The van der Waals surface area contributed by atoms with Crippen LogP contribution in [0.15, 0.2) is 95.7 Å². The third kappa shape index (κ3) is 5.34. The van der Waals surface area contributed by atoms with Crippen molar-refractivity contribution < 1.29 is 23.1 Å². The summed E-state index contributed by atoms with van der Waals surface area (Å²) in [6.45, 7) is 2.22. The maximum atomic E-state index is 15.3. The van der Waals surface area contributed by atoms with Gasteiger partial charge in [0, 0.05) is 37.2 Å². The van der Waals surface area contributed by atoms with E-state index in [1.807, 2.05) is 72.3 Å². The van der Waals surface area contributed by atoms with Gasteiger partial charge in [-0.3, -0.25) is 9.59 Å². The van der Waals surface area contributed by atoms with E-state index in [1.54, 1.807) is 17.4 Å². The van der Waals surface area contributed by atoms with E-state index < -0.39 is 35.7 Å². The molecule has 0 radical (unpaired) electrons. The summed E-state index contributed by atoms with van der Waals surface area (Å²) < 4.78 is 35.9. The fourth-order valence-corrected chi connectivity index (χ4v) is 6.15. The molecule has 0 amide bonds. The largest absolute Gasteiger partial charge is 0.385 e. The zero-order valence-electron chi connectivity index (χ0n) is 22.4. The normalized spacial score (nSPS) is 17.0. The molecule has 0 N–H and O–H groups in total. The molecule has 204 valence electrons. The Balaban J connectivity index is 0.000000582. The van der Waals surface area contributed by atoms with Crippen LogP contribution in [0.4, 0.5) is 8.78 Å². The van der Waals surface area contributed by atoms with Crippen molar-refractivity contribution in [3.05, 3.63) is 118 Å². The van der Waals surface area contributed by atoms with Crippen molar-refractivity contribution in [1.82, 2.24) is 0 Å². The number of hydrogen-bond acceptors (Lipinski definition) is 4. The van der Waals surface area contributed by atoms with Crippen molar-refractivity contribution in [2.45, 2.75) is 31.6 Å². The summed E-state index contributed by atoms with van der Waals surface area (Å²) in [4.78, 5) is 27.4. The number of hydrogen-bond donors (Lipinski definition) is 0. The van der Waals surface area contributed by atoms with Crippen molar-refractivity contribution in [2.75, 3.05) is 13.7 Å². The van der Waals surface area contributed by atoms with Crippen LogP contribution in [-0.2, 0) is 15.5 Å². The van der Waals surface area contributed by atoms with E-state index in [-0.39, 0.29) is 5.56 Å². The summed E-state index contributed by atoms with van der Waals surface area (Å²) in [7, 11) is 1.54.